The molecule has 1 aromatic carbocycles. The molecule has 0 radical (unpaired) electrons. The summed E-state index contributed by atoms with van der Waals surface area (Å²) in [6.07, 6.45) is 10.4. The molecule has 7 atom stereocenters. The molecule has 4 heterocycles. The molecule has 3 aliphatic heterocycles. The van der Waals surface area contributed by atoms with Gasteiger partial charge in [-0.2, -0.15) is 0 Å². The third-order valence-electron chi connectivity index (χ3n) is 9.34. The lowest BCUT2D eigenvalue weighted by atomic mass is 9.53. The molecule has 1 spiro atoms. The van der Waals surface area contributed by atoms with E-state index in [2.05, 4.69) is 39.4 Å². The minimum atomic E-state index is -1.00. The molecule has 6 N–H and O–H groups in total. The maximum Gasteiger partial charge on any atom is 0.320 e. The Morgan fingerprint density at radius 3 is 2.57 bits per heavy atom. The Kier molecular flexibility index (Phi) is 9.79. The molecule has 14 heteroatoms. The van der Waals surface area contributed by atoms with Gasteiger partial charge in [-0.1, -0.05) is 12.1 Å². The average Bonchev–Trinajstić information content (AvgIpc) is 3.77. The van der Waals surface area contributed by atoms with Crippen molar-refractivity contribution in [2.24, 2.45) is 11.7 Å². The molecule has 2 fully saturated rings. The molecule has 248 valence electrons. The normalized spacial score (nSPS) is 28.7. The van der Waals surface area contributed by atoms with E-state index in [-0.39, 0.29) is 41.8 Å². The number of esters is 2. The predicted octanol–water partition coefficient (Wildman–Crippen LogP) is 1.18. The second-order valence-electron chi connectivity index (χ2n) is 12.3. The van der Waals surface area contributed by atoms with E-state index in [4.69, 9.17) is 30.2 Å². The van der Waals surface area contributed by atoms with Gasteiger partial charge in [-0.3, -0.25) is 19.2 Å². The van der Waals surface area contributed by atoms with Crippen molar-refractivity contribution in [3.63, 3.8) is 0 Å². The first kappa shape index (κ1) is 33.1. The Balaban J connectivity index is 0.000000180. The van der Waals surface area contributed by atoms with Crippen LogP contribution in [-0.4, -0.2) is 99.4 Å². The zero-order valence-corrected chi connectivity index (χ0v) is 26.1. The number of carboxylic acid groups (broad SMARTS) is 2. The van der Waals surface area contributed by atoms with Crippen molar-refractivity contribution < 1.29 is 43.6 Å². The van der Waals surface area contributed by atoms with Crippen LogP contribution in [0.15, 0.2) is 36.8 Å². The van der Waals surface area contributed by atoms with Gasteiger partial charge in [-0.25, -0.2) is 4.98 Å². The van der Waals surface area contributed by atoms with Crippen molar-refractivity contribution in [3.8, 4) is 11.5 Å². The van der Waals surface area contributed by atoms with E-state index in [0.717, 1.165) is 50.0 Å². The number of carboxylic acids is 2. The Labute approximate surface area is 266 Å². The lowest BCUT2D eigenvalue weighted by Crippen LogP contribution is -2.65. The first-order valence-electron chi connectivity index (χ1n) is 15.4. The van der Waals surface area contributed by atoms with Crippen LogP contribution in [-0.2, 0) is 42.2 Å². The van der Waals surface area contributed by atoms with Crippen molar-refractivity contribution >= 4 is 23.9 Å². The smallest absolute Gasteiger partial charge is 0.320 e. The van der Waals surface area contributed by atoms with Crippen molar-refractivity contribution in [3.05, 3.63) is 53.6 Å². The number of carbonyl (C=O) groups excluding carboxylic acids is 2. The SMILES string of the molecule is CC(=O)Oc1ccc2c3c1O[C@H]1[C@@H](OC(C)=O)C=C[C@H]4[C@@H](C2)N(C)CC[C@@]341.N[C@@H](Cc1cnc[nH]1)C(=O)O.O=C(O)C1CCCN1. The van der Waals surface area contributed by atoms with Crippen LogP contribution in [0, 0.1) is 5.92 Å². The number of likely N-dealkylation sites (N-methyl/N-ethyl adjacent to an activating group) is 1. The minimum absolute atomic E-state index is 0.245. The quantitative estimate of drug-likeness (QED) is 0.171. The van der Waals surface area contributed by atoms with E-state index in [0.29, 0.717) is 17.5 Å². The van der Waals surface area contributed by atoms with Crippen LogP contribution in [0.3, 0.4) is 0 Å². The number of hydrogen-bond donors (Lipinski definition) is 5. The molecular formula is C32H41N5O9. The fourth-order valence-corrected chi connectivity index (χ4v) is 7.35. The highest BCUT2D eigenvalue weighted by Crippen LogP contribution is 2.62. The highest BCUT2D eigenvalue weighted by Gasteiger charge is 2.65. The Hall–Kier alpha value is -4.27. The second-order valence-corrected chi connectivity index (χ2v) is 12.3. The number of piperidine rings is 1. The highest BCUT2D eigenvalue weighted by molar-refractivity contribution is 5.74. The molecule has 2 aliphatic carbocycles. The summed E-state index contributed by atoms with van der Waals surface area (Å²) in [5.41, 5.74) is 8.15. The van der Waals surface area contributed by atoms with Gasteiger partial charge >= 0.3 is 23.9 Å². The number of carbonyl (C=O) groups is 4. The van der Waals surface area contributed by atoms with Crippen LogP contribution < -0.4 is 20.5 Å². The summed E-state index contributed by atoms with van der Waals surface area (Å²) in [7, 11) is 2.17. The van der Waals surface area contributed by atoms with Crippen molar-refractivity contribution in [1.82, 2.24) is 20.2 Å². The van der Waals surface area contributed by atoms with Gasteiger partial charge in [0.15, 0.2) is 17.6 Å². The first-order chi connectivity index (χ1) is 21.9. The number of aliphatic carboxylic acids is 2. The van der Waals surface area contributed by atoms with Crippen molar-refractivity contribution in [2.75, 3.05) is 20.1 Å². The monoisotopic (exact) mass is 639 g/mol. The lowest BCUT2D eigenvalue weighted by Gasteiger charge is -2.56. The summed E-state index contributed by atoms with van der Waals surface area (Å²) in [6, 6.07) is 3.16. The number of ether oxygens (including phenoxy) is 3. The van der Waals surface area contributed by atoms with E-state index >= 15 is 0 Å². The second kappa shape index (κ2) is 13.6. The number of nitrogens with one attached hydrogen (secondary N) is 2. The maximum absolute atomic E-state index is 11.7. The Morgan fingerprint density at radius 1 is 1.20 bits per heavy atom. The van der Waals surface area contributed by atoms with E-state index in [9.17, 15) is 19.2 Å². The molecule has 7 rings (SSSR count). The van der Waals surface area contributed by atoms with Gasteiger partial charge in [0, 0.05) is 55.1 Å². The number of nitrogens with two attached hydrogens (primary N) is 1. The molecule has 1 unspecified atom stereocenters. The molecule has 14 nitrogen and oxygen atoms in total. The van der Waals surface area contributed by atoms with Crippen molar-refractivity contribution in [1.29, 1.82) is 0 Å². The van der Waals surface area contributed by atoms with Crippen LogP contribution >= 0.6 is 0 Å². The minimum Gasteiger partial charge on any atom is -0.481 e. The van der Waals surface area contributed by atoms with Gasteiger partial charge in [0.05, 0.1) is 6.33 Å². The van der Waals surface area contributed by atoms with Crippen molar-refractivity contribution in [2.45, 2.75) is 81.7 Å². The van der Waals surface area contributed by atoms with Gasteiger partial charge in [0.25, 0.3) is 0 Å². The van der Waals surface area contributed by atoms with E-state index < -0.39 is 24.1 Å². The number of likely N-dealkylation sites (tertiary alicyclic amines) is 1. The topological polar surface area (TPSA) is 206 Å². The standard InChI is InChI=1S/C21H23NO5.C6H9N3O2.C5H9NO2/c1-11(23)25-16-6-4-13-10-15-14-5-7-17(26-12(2)24)20-21(14,8-9-22(15)3)18(13)19(16)27-20;7-5(6(10)11)1-4-2-8-3-9-4;7-5(8)4-2-1-3-6-4/h4-7,14-15,17,20H,8-10H2,1-3H3;2-3,5H,1,7H2,(H,8,9)(H,10,11);4,6H,1-3H2,(H,7,8)/t14-,15+,17-,20-,21-;5-;/m00./s1. The van der Waals surface area contributed by atoms with Crippen LogP contribution in [0.5, 0.6) is 11.5 Å². The summed E-state index contributed by atoms with van der Waals surface area (Å²) >= 11 is 0. The number of imidazole rings is 1. The number of aromatic amines is 1. The maximum atomic E-state index is 11.7. The molecule has 2 aromatic rings. The number of rotatable bonds is 6. The van der Waals surface area contributed by atoms with E-state index in [1.807, 2.05) is 12.1 Å². The van der Waals surface area contributed by atoms with Gasteiger partial charge in [0.2, 0.25) is 0 Å². The molecule has 0 saturated carbocycles. The molecule has 0 amide bonds. The van der Waals surface area contributed by atoms with Crippen LogP contribution in [0.25, 0.3) is 0 Å². The fraction of sp³-hybridized carbons (Fsp3) is 0.531. The van der Waals surface area contributed by atoms with E-state index in [1.54, 1.807) is 6.20 Å². The summed E-state index contributed by atoms with van der Waals surface area (Å²) in [4.78, 5) is 52.6. The predicted molar refractivity (Wildman–Crippen MR) is 163 cm³/mol. The highest BCUT2D eigenvalue weighted by atomic mass is 16.6. The van der Waals surface area contributed by atoms with Gasteiger partial charge in [-0.05, 0) is 63.5 Å². The summed E-state index contributed by atoms with van der Waals surface area (Å²) in [6.45, 7) is 4.63. The summed E-state index contributed by atoms with van der Waals surface area (Å²) in [5.74, 6) is -1.01. The fourth-order valence-electron chi connectivity index (χ4n) is 7.35. The van der Waals surface area contributed by atoms with Crippen LogP contribution in [0.4, 0.5) is 0 Å². The molecule has 1 aromatic heterocycles. The number of nitrogens with zero attached hydrogens (tertiary/aromatic N) is 2. The third-order valence-corrected chi connectivity index (χ3v) is 9.34. The largest absolute Gasteiger partial charge is 0.481 e. The number of hydrogen-bond acceptors (Lipinski definition) is 11. The molecule has 46 heavy (non-hydrogen) atoms. The zero-order valence-electron chi connectivity index (χ0n) is 26.1. The summed E-state index contributed by atoms with van der Waals surface area (Å²) < 4.78 is 17.5. The molecule has 5 aliphatic rings. The molecular weight excluding hydrogens is 598 g/mol. The molecule has 2 saturated heterocycles. The zero-order chi connectivity index (χ0) is 33.2. The third kappa shape index (κ3) is 6.50. The number of H-pyrrole nitrogens is 1. The average molecular weight is 640 g/mol. The van der Waals surface area contributed by atoms with Crippen LogP contribution in [0.2, 0.25) is 0 Å². The molecule has 2 bridgehead atoms. The van der Waals surface area contributed by atoms with E-state index in [1.165, 1.54) is 25.7 Å². The first-order valence-corrected chi connectivity index (χ1v) is 15.4. The van der Waals surface area contributed by atoms with Crippen LogP contribution in [0.1, 0.15) is 49.9 Å². The summed E-state index contributed by atoms with van der Waals surface area (Å²) in [5, 5.41) is 19.6. The van der Waals surface area contributed by atoms with Gasteiger partial charge in [0.1, 0.15) is 18.2 Å². The lowest BCUT2D eigenvalue weighted by molar-refractivity contribution is -0.152. The Morgan fingerprint density at radius 2 is 1.98 bits per heavy atom. The van der Waals surface area contributed by atoms with Gasteiger partial charge < -0.3 is 45.4 Å². The Bertz CT molecular complexity index is 1490. The number of aromatic nitrogens is 2. The number of benzene rings is 1. The van der Waals surface area contributed by atoms with Gasteiger partial charge in [-0.15, -0.1) is 0 Å².